The third kappa shape index (κ3) is 4.57. The Hall–Kier alpha value is -3.75. The van der Waals surface area contributed by atoms with Crippen LogP contribution in [0, 0.1) is 11.7 Å². The molecule has 1 heterocycles. The molecule has 9 heteroatoms. The van der Waals surface area contributed by atoms with E-state index in [1.54, 1.807) is 23.1 Å². The maximum absolute atomic E-state index is 13.5. The van der Waals surface area contributed by atoms with E-state index in [-0.39, 0.29) is 36.8 Å². The molecule has 2 fully saturated rings. The molecule has 1 unspecified atom stereocenters. The summed E-state index contributed by atoms with van der Waals surface area (Å²) in [5.41, 5.74) is 2.09. The summed E-state index contributed by atoms with van der Waals surface area (Å²) in [6.45, 7) is 3.33. The highest BCUT2D eigenvalue weighted by molar-refractivity contribution is 6.09. The maximum Gasteiger partial charge on any atom is 0.325 e. The number of hydrogen-bond acceptors (Lipinski definition) is 4. The van der Waals surface area contributed by atoms with Gasteiger partial charge in [0.15, 0.2) is 0 Å². The van der Waals surface area contributed by atoms with Gasteiger partial charge in [-0.3, -0.25) is 19.3 Å². The topological polar surface area (TPSA) is 98.8 Å². The third-order valence-corrected chi connectivity index (χ3v) is 7.43. The number of amides is 5. The van der Waals surface area contributed by atoms with Gasteiger partial charge in [0.05, 0.1) is 0 Å². The van der Waals surface area contributed by atoms with Gasteiger partial charge in [-0.25, -0.2) is 9.18 Å². The Morgan fingerprint density at radius 3 is 2.50 bits per heavy atom. The Kier molecular flexibility index (Phi) is 6.02. The van der Waals surface area contributed by atoms with E-state index >= 15 is 0 Å². The molecule has 2 atom stereocenters. The van der Waals surface area contributed by atoms with E-state index in [1.807, 2.05) is 19.1 Å². The van der Waals surface area contributed by atoms with Crippen LogP contribution in [0.2, 0.25) is 0 Å². The summed E-state index contributed by atoms with van der Waals surface area (Å²) in [5.74, 6) is -0.894. The first kappa shape index (κ1) is 24.0. The van der Waals surface area contributed by atoms with Crippen molar-refractivity contribution in [3.05, 3.63) is 65.0 Å². The summed E-state index contributed by atoms with van der Waals surface area (Å²) in [6.07, 6.45) is 2.68. The summed E-state index contributed by atoms with van der Waals surface area (Å²) < 4.78 is 13.4. The van der Waals surface area contributed by atoms with Crippen molar-refractivity contribution < 1.29 is 23.6 Å². The van der Waals surface area contributed by atoms with Gasteiger partial charge in [-0.05, 0) is 66.6 Å². The van der Waals surface area contributed by atoms with Crippen LogP contribution in [-0.4, -0.2) is 51.7 Å². The zero-order valence-electron chi connectivity index (χ0n) is 20.3. The van der Waals surface area contributed by atoms with E-state index in [4.69, 9.17) is 0 Å². The molecule has 36 heavy (non-hydrogen) atoms. The zero-order chi connectivity index (χ0) is 25.6. The summed E-state index contributed by atoms with van der Waals surface area (Å²) in [5, 5.41) is 5.57. The number of nitrogens with one attached hydrogen (secondary N) is 2. The Morgan fingerprint density at radius 1 is 1.14 bits per heavy atom. The second-order valence-corrected chi connectivity index (χ2v) is 10.1. The number of imide groups is 1. The predicted octanol–water partition coefficient (Wildman–Crippen LogP) is 3.00. The molecule has 1 saturated heterocycles. The molecule has 1 saturated carbocycles. The summed E-state index contributed by atoms with van der Waals surface area (Å²) in [7, 11) is 0. The monoisotopic (exact) mass is 492 g/mol. The van der Waals surface area contributed by atoms with Crippen molar-refractivity contribution in [2.45, 2.75) is 57.7 Å². The van der Waals surface area contributed by atoms with E-state index in [0.29, 0.717) is 24.4 Å². The highest BCUT2D eigenvalue weighted by atomic mass is 19.1. The Morgan fingerprint density at radius 2 is 1.83 bits per heavy atom. The van der Waals surface area contributed by atoms with E-state index in [1.165, 1.54) is 19.1 Å². The number of carbonyl (C=O) groups excluding carboxylic acids is 4. The number of halogens is 1. The standard InChI is InChI=1S/C27H29FN4O4/c1-16(19-5-6-19)31(14-18-3-8-22(28)9-4-18)24(34)15-32-25(35)27(30-26(32)36)12-20-7-10-23(29-17(2)33)11-21(20)13-27/h3-4,7-11,16,19H,5-6,12-15H2,1-2H3,(H,29,33)(H,30,36)/t16-,27?/m0/s1. The van der Waals surface area contributed by atoms with Gasteiger partial charge in [-0.15, -0.1) is 0 Å². The second kappa shape index (κ2) is 9.04. The molecule has 5 rings (SSSR count). The molecular weight excluding hydrogens is 463 g/mol. The van der Waals surface area contributed by atoms with Gasteiger partial charge in [0, 0.05) is 38.0 Å². The van der Waals surface area contributed by atoms with Crippen molar-refractivity contribution >= 4 is 29.4 Å². The van der Waals surface area contributed by atoms with Gasteiger partial charge in [0.25, 0.3) is 5.91 Å². The molecule has 2 aromatic rings. The molecule has 1 aliphatic heterocycles. The van der Waals surface area contributed by atoms with Crippen LogP contribution in [0.4, 0.5) is 14.9 Å². The average molecular weight is 493 g/mol. The molecule has 1 spiro atoms. The number of benzene rings is 2. The van der Waals surface area contributed by atoms with E-state index in [2.05, 4.69) is 10.6 Å². The van der Waals surface area contributed by atoms with Gasteiger partial charge in [-0.1, -0.05) is 18.2 Å². The van der Waals surface area contributed by atoms with Crippen molar-refractivity contribution in [3.8, 4) is 0 Å². The lowest BCUT2D eigenvalue weighted by atomic mass is 9.96. The third-order valence-electron chi connectivity index (χ3n) is 7.43. The van der Waals surface area contributed by atoms with E-state index in [9.17, 15) is 23.6 Å². The largest absolute Gasteiger partial charge is 0.334 e. The minimum atomic E-state index is -1.13. The van der Waals surface area contributed by atoms with Gasteiger partial charge in [0.1, 0.15) is 17.9 Å². The molecule has 2 aliphatic carbocycles. The van der Waals surface area contributed by atoms with Crippen LogP contribution >= 0.6 is 0 Å². The average Bonchev–Trinajstić information content (AvgIpc) is 3.58. The maximum atomic E-state index is 13.5. The lowest BCUT2D eigenvalue weighted by molar-refractivity contribution is -0.140. The van der Waals surface area contributed by atoms with Gasteiger partial charge in [0.2, 0.25) is 11.8 Å². The van der Waals surface area contributed by atoms with Crippen molar-refractivity contribution in [2.75, 3.05) is 11.9 Å². The molecule has 188 valence electrons. The van der Waals surface area contributed by atoms with Crippen LogP contribution in [0.1, 0.15) is 43.4 Å². The lowest BCUT2D eigenvalue weighted by Crippen LogP contribution is -2.49. The minimum absolute atomic E-state index is 0.0554. The number of anilines is 1. The first-order valence-electron chi connectivity index (χ1n) is 12.2. The van der Waals surface area contributed by atoms with Crippen LogP contribution in [-0.2, 0) is 33.8 Å². The molecule has 0 radical (unpaired) electrons. The second-order valence-electron chi connectivity index (χ2n) is 10.1. The molecule has 0 bridgehead atoms. The normalized spacial score (nSPS) is 21.4. The molecule has 2 aromatic carbocycles. The molecule has 3 aliphatic rings. The molecular formula is C27H29FN4O4. The number of hydrogen-bond donors (Lipinski definition) is 2. The van der Waals surface area contributed by atoms with E-state index in [0.717, 1.165) is 34.4 Å². The number of fused-ring (bicyclic) bond motifs is 1. The Balaban J connectivity index is 1.32. The summed E-state index contributed by atoms with van der Waals surface area (Å²) in [4.78, 5) is 54.0. The van der Waals surface area contributed by atoms with Gasteiger partial charge < -0.3 is 15.5 Å². The van der Waals surface area contributed by atoms with Crippen LogP contribution in [0.3, 0.4) is 0 Å². The van der Waals surface area contributed by atoms with Crippen LogP contribution < -0.4 is 10.6 Å². The van der Waals surface area contributed by atoms with Crippen LogP contribution in [0.25, 0.3) is 0 Å². The first-order chi connectivity index (χ1) is 17.1. The fourth-order valence-electron chi connectivity index (χ4n) is 5.32. The van der Waals surface area contributed by atoms with Gasteiger partial charge in [-0.2, -0.15) is 0 Å². The van der Waals surface area contributed by atoms with Gasteiger partial charge >= 0.3 is 6.03 Å². The van der Waals surface area contributed by atoms with Crippen molar-refractivity contribution in [3.63, 3.8) is 0 Å². The first-order valence-corrected chi connectivity index (χ1v) is 12.2. The SMILES string of the molecule is CC(=O)Nc1ccc2c(c1)CC1(C2)NC(=O)N(CC(=O)N(Cc2ccc(F)cc2)[C@@H](C)C2CC2)C1=O. The number of carbonyl (C=O) groups is 4. The van der Waals surface area contributed by atoms with Crippen molar-refractivity contribution in [1.82, 2.24) is 15.1 Å². The molecule has 8 nitrogen and oxygen atoms in total. The van der Waals surface area contributed by atoms with Crippen molar-refractivity contribution in [1.29, 1.82) is 0 Å². The molecule has 5 amide bonds. The molecule has 0 aromatic heterocycles. The van der Waals surface area contributed by atoms with Crippen molar-refractivity contribution in [2.24, 2.45) is 5.92 Å². The Bertz CT molecular complexity index is 1240. The number of urea groups is 1. The fraction of sp³-hybridized carbons (Fsp3) is 0.407. The molecule has 2 N–H and O–H groups in total. The number of nitrogens with zero attached hydrogens (tertiary/aromatic N) is 2. The summed E-state index contributed by atoms with van der Waals surface area (Å²) >= 11 is 0. The Labute approximate surface area is 208 Å². The highest BCUT2D eigenvalue weighted by Crippen LogP contribution is 2.37. The highest BCUT2D eigenvalue weighted by Gasteiger charge is 2.54. The predicted molar refractivity (Wildman–Crippen MR) is 130 cm³/mol. The fourth-order valence-corrected chi connectivity index (χ4v) is 5.32. The number of rotatable bonds is 7. The quantitative estimate of drug-likeness (QED) is 0.581. The lowest BCUT2D eigenvalue weighted by Gasteiger charge is -2.31. The van der Waals surface area contributed by atoms with Crippen LogP contribution in [0.5, 0.6) is 0 Å². The van der Waals surface area contributed by atoms with Crippen LogP contribution in [0.15, 0.2) is 42.5 Å². The van der Waals surface area contributed by atoms with E-state index < -0.39 is 17.5 Å². The smallest absolute Gasteiger partial charge is 0.325 e. The minimum Gasteiger partial charge on any atom is -0.334 e. The zero-order valence-corrected chi connectivity index (χ0v) is 20.3. The summed E-state index contributed by atoms with van der Waals surface area (Å²) in [6, 6.07) is 10.8.